The number of aliphatic imine (C=N–C) groups is 1. The number of carbonyl (C=O) groups is 1. The van der Waals surface area contributed by atoms with E-state index in [-0.39, 0.29) is 11.3 Å². The molecule has 3 rings (SSSR count). The van der Waals surface area contributed by atoms with Crippen LogP contribution in [0.15, 0.2) is 53.5 Å². The average molecular weight is 437 g/mol. The first-order valence-corrected chi connectivity index (χ1v) is 11.4. The SMILES string of the molecule is CCNC(=NCc1ccc(C(=O)N(C)C)cc1)NCC1(c2cccc(OC)c2)CCCC1. The second-order valence-electron chi connectivity index (χ2n) is 8.66. The van der Waals surface area contributed by atoms with Crippen molar-refractivity contribution in [3.8, 4) is 5.75 Å². The molecule has 1 fully saturated rings. The molecule has 1 aliphatic rings. The first kappa shape index (κ1) is 23.6. The fourth-order valence-electron chi connectivity index (χ4n) is 4.35. The van der Waals surface area contributed by atoms with Gasteiger partial charge in [0.2, 0.25) is 0 Å². The van der Waals surface area contributed by atoms with Gasteiger partial charge in [-0.25, -0.2) is 4.99 Å². The summed E-state index contributed by atoms with van der Waals surface area (Å²) in [7, 11) is 5.24. The van der Waals surface area contributed by atoms with E-state index in [1.807, 2.05) is 30.3 Å². The van der Waals surface area contributed by atoms with Crippen LogP contribution < -0.4 is 15.4 Å². The summed E-state index contributed by atoms with van der Waals surface area (Å²) in [6.07, 6.45) is 4.80. The smallest absolute Gasteiger partial charge is 0.253 e. The van der Waals surface area contributed by atoms with Gasteiger partial charge in [-0.3, -0.25) is 4.79 Å². The lowest BCUT2D eigenvalue weighted by Gasteiger charge is -2.31. The molecule has 0 atom stereocenters. The molecule has 6 heteroatoms. The number of hydrogen-bond acceptors (Lipinski definition) is 3. The van der Waals surface area contributed by atoms with E-state index in [0.717, 1.165) is 43.2 Å². The largest absolute Gasteiger partial charge is 0.497 e. The fraction of sp³-hybridized carbons (Fsp3) is 0.462. The molecule has 0 spiro atoms. The molecule has 2 N–H and O–H groups in total. The molecule has 0 unspecified atom stereocenters. The molecule has 0 bridgehead atoms. The summed E-state index contributed by atoms with van der Waals surface area (Å²) < 4.78 is 5.47. The third-order valence-corrected chi connectivity index (χ3v) is 6.21. The van der Waals surface area contributed by atoms with E-state index in [1.54, 1.807) is 26.1 Å². The maximum absolute atomic E-state index is 12.1. The van der Waals surface area contributed by atoms with E-state index >= 15 is 0 Å². The van der Waals surface area contributed by atoms with Crippen LogP contribution in [0.1, 0.15) is 54.1 Å². The summed E-state index contributed by atoms with van der Waals surface area (Å²) in [6, 6.07) is 16.1. The van der Waals surface area contributed by atoms with Crippen LogP contribution in [0.25, 0.3) is 0 Å². The van der Waals surface area contributed by atoms with E-state index in [0.29, 0.717) is 12.1 Å². The van der Waals surface area contributed by atoms with Crippen LogP contribution >= 0.6 is 0 Å². The van der Waals surface area contributed by atoms with Crippen molar-refractivity contribution >= 4 is 11.9 Å². The summed E-state index contributed by atoms with van der Waals surface area (Å²) in [5.41, 5.74) is 3.19. The second kappa shape index (κ2) is 11.0. The third kappa shape index (κ3) is 5.81. The summed E-state index contributed by atoms with van der Waals surface area (Å²) in [5.74, 6) is 1.73. The molecule has 1 amide bonds. The van der Waals surface area contributed by atoms with Crippen LogP contribution in [0.2, 0.25) is 0 Å². The fourth-order valence-corrected chi connectivity index (χ4v) is 4.35. The maximum Gasteiger partial charge on any atom is 0.253 e. The number of rotatable bonds is 8. The van der Waals surface area contributed by atoms with Gasteiger partial charge in [-0.1, -0.05) is 37.1 Å². The minimum Gasteiger partial charge on any atom is -0.497 e. The Morgan fingerprint density at radius 2 is 1.81 bits per heavy atom. The number of nitrogens with zero attached hydrogens (tertiary/aromatic N) is 2. The Labute approximate surface area is 192 Å². The summed E-state index contributed by atoms with van der Waals surface area (Å²) in [4.78, 5) is 18.4. The highest BCUT2D eigenvalue weighted by molar-refractivity contribution is 5.93. The lowest BCUT2D eigenvalue weighted by Crippen LogP contribution is -2.44. The molecule has 172 valence electrons. The zero-order chi connectivity index (χ0) is 23.0. The topological polar surface area (TPSA) is 66.0 Å². The lowest BCUT2D eigenvalue weighted by atomic mass is 9.78. The monoisotopic (exact) mass is 436 g/mol. The zero-order valence-corrected chi connectivity index (χ0v) is 19.8. The van der Waals surface area contributed by atoms with E-state index in [4.69, 9.17) is 9.73 Å². The Morgan fingerprint density at radius 1 is 1.09 bits per heavy atom. The predicted octanol–water partition coefficient (Wildman–Crippen LogP) is 3.96. The Bertz CT molecular complexity index is 916. The van der Waals surface area contributed by atoms with Crippen molar-refractivity contribution in [2.24, 2.45) is 4.99 Å². The second-order valence-corrected chi connectivity index (χ2v) is 8.66. The number of ether oxygens (including phenoxy) is 1. The molecule has 0 radical (unpaired) electrons. The maximum atomic E-state index is 12.1. The van der Waals surface area contributed by atoms with Crippen LogP contribution in [-0.4, -0.2) is 51.1 Å². The van der Waals surface area contributed by atoms with Crippen molar-refractivity contribution in [3.63, 3.8) is 0 Å². The zero-order valence-electron chi connectivity index (χ0n) is 19.8. The molecular weight excluding hydrogens is 400 g/mol. The molecule has 0 heterocycles. The standard InChI is InChI=1S/C26H36N4O2/c1-5-27-25(28-18-20-11-13-21(14-12-20)24(31)30(2)3)29-19-26(15-6-7-16-26)22-9-8-10-23(17-22)32-4/h8-14,17H,5-7,15-16,18-19H2,1-4H3,(H2,27,28,29). The van der Waals surface area contributed by atoms with Crippen LogP contribution in [0, 0.1) is 0 Å². The molecule has 0 aliphatic heterocycles. The molecule has 1 aliphatic carbocycles. The molecular formula is C26H36N4O2. The van der Waals surface area contributed by atoms with Crippen molar-refractivity contribution in [3.05, 3.63) is 65.2 Å². The van der Waals surface area contributed by atoms with Crippen molar-refractivity contribution in [2.75, 3.05) is 34.3 Å². The van der Waals surface area contributed by atoms with Gasteiger partial charge in [-0.05, 0) is 55.2 Å². The van der Waals surface area contributed by atoms with Gasteiger partial charge in [0.1, 0.15) is 5.75 Å². The van der Waals surface area contributed by atoms with Gasteiger partial charge in [0.25, 0.3) is 5.91 Å². The van der Waals surface area contributed by atoms with E-state index in [9.17, 15) is 4.79 Å². The lowest BCUT2D eigenvalue weighted by molar-refractivity contribution is 0.0827. The van der Waals surface area contributed by atoms with Crippen molar-refractivity contribution < 1.29 is 9.53 Å². The van der Waals surface area contributed by atoms with Gasteiger partial charge >= 0.3 is 0 Å². The van der Waals surface area contributed by atoms with Gasteiger partial charge in [-0.2, -0.15) is 0 Å². The normalized spacial score (nSPS) is 15.3. The summed E-state index contributed by atoms with van der Waals surface area (Å²) >= 11 is 0. The van der Waals surface area contributed by atoms with Gasteiger partial charge in [0.15, 0.2) is 5.96 Å². The predicted molar refractivity (Wildman–Crippen MR) is 130 cm³/mol. The molecule has 0 saturated heterocycles. The highest BCUT2D eigenvalue weighted by atomic mass is 16.5. The Balaban J connectivity index is 1.69. The van der Waals surface area contributed by atoms with Crippen LogP contribution in [-0.2, 0) is 12.0 Å². The molecule has 1 saturated carbocycles. The van der Waals surface area contributed by atoms with Crippen molar-refractivity contribution in [1.29, 1.82) is 0 Å². The van der Waals surface area contributed by atoms with Gasteiger partial charge < -0.3 is 20.3 Å². The molecule has 2 aromatic rings. The molecule has 0 aromatic heterocycles. The number of amides is 1. The highest BCUT2D eigenvalue weighted by Crippen LogP contribution is 2.41. The van der Waals surface area contributed by atoms with Crippen molar-refractivity contribution in [1.82, 2.24) is 15.5 Å². The Morgan fingerprint density at radius 3 is 2.44 bits per heavy atom. The van der Waals surface area contributed by atoms with Crippen LogP contribution in [0.4, 0.5) is 0 Å². The molecule has 2 aromatic carbocycles. The van der Waals surface area contributed by atoms with Gasteiger partial charge in [0, 0.05) is 38.2 Å². The first-order chi connectivity index (χ1) is 15.5. The number of benzene rings is 2. The summed E-state index contributed by atoms with van der Waals surface area (Å²) in [6.45, 7) is 4.26. The minimum atomic E-state index is 0.00876. The Hall–Kier alpha value is -3.02. The van der Waals surface area contributed by atoms with Gasteiger partial charge in [-0.15, -0.1) is 0 Å². The number of nitrogens with one attached hydrogen (secondary N) is 2. The highest BCUT2D eigenvalue weighted by Gasteiger charge is 2.36. The number of hydrogen-bond donors (Lipinski definition) is 2. The van der Waals surface area contributed by atoms with E-state index in [2.05, 4.69) is 35.8 Å². The quantitative estimate of drug-likeness (QED) is 0.486. The number of methoxy groups -OCH3 is 1. The number of carbonyl (C=O) groups excluding carboxylic acids is 1. The van der Waals surface area contributed by atoms with Gasteiger partial charge in [0.05, 0.1) is 13.7 Å². The summed E-state index contributed by atoms with van der Waals surface area (Å²) in [5, 5.41) is 6.96. The van der Waals surface area contributed by atoms with E-state index < -0.39 is 0 Å². The molecule has 32 heavy (non-hydrogen) atoms. The van der Waals surface area contributed by atoms with Crippen LogP contribution in [0.5, 0.6) is 5.75 Å². The Kier molecular flexibility index (Phi) is 8.14. The number of guanidine groups is 1. The molecule has 6 nitrogen and oxygen atoms in total. The minimum absolute atomic E-state index is 0.00876. The third-order valence-electron chi connectivity index (χ3n) is 6.21. The first-order valence-electron chi connectivity index (χ1n) is 11.4. The van der Waals surface area contributed by atoms with E-state index in [1.165, 1.54) is 18.4 Å². The van der Waals surface area contributed by atoms with Crippen LogP contribution in [0.3, 0.4) is 0 Å². The average Bonchev–Trinajstić information content (AvgIpc) is 3.31. The van der Waals surface area contributed by atoms with Crippen molar-refractivity contribution in [2.45, 2.75) is 44.6 Å².